The van der Waals surface area contributed by atoms with Crippen molar-refractivity contribution in [3.63, 3.8) is 0 Å². The van der Waals surface area contributed by atoms with Crippen LogP contribution in [0.3, 0.4) is 0 Å². The van der Waals surface area contributed by atoms with Crippen LogP contribution in [0, 0.1) is 0 Å². The number of H-pyrrole nitrogens is 1. The highest BCUT2D eigenvalue weighted by molar-refractivity contribution is 6.30. The summed E-state index contributed by atoms with van der Waals surface area (Å²) in [6.07, 6.45) is 0.194. The van der Waals surface area contributed by atoms with E-state index in [1.54, 1.807) is 0 Å². The van der Waals surface area contributed by atoms with Crippen molar-refractivity contribution in [1.82, 2.24) is 19.9 Å². The van der Waals surface area contributed by atoms with E-state index in [1.165, 1.54) is 0 Å². The fourth-order valence-corrected chi connectivity index (χ4v) is 4.41. The van der Waals surface area contributed by atoms with Crippen LogP contribution < -0.4 is 10.2 Å². The third-order valence-electron chi connectivity index (χ3n) is 6.38. The monoisotopic (exact) mass is 476 g/mol. The van der Waals surface area contributed by atoms with Gasteiger partial charge in [0.1, 0.15) is 11.6 Å². The second kappa shape index (κ2) is 8.87. The van der Waals surface area contributed by atoms with Crippen LogP contribution in [0.1, 0.15) is 18.7 Å². The summed E-state index contributed by atoms with van der Waals surface area (Å²) in [7, 11) is 0. The predicted octanol–water partition coefficient (Wildman–Crippen LogP) is 4.76. The predicted molar refractivity (Wildman–Crippen MR) is 133 cm³/mol. The van der Waals surface area contributed by atoms with Gasteiger partial charge in [0.15, 0.2) is 0 Å². The lowest BCUT2D eigenvalue weighted by atomic mass is 9.99. The standard InChI is InChI=1S/C25H25ClN6O2/c1-15-19(14-34-15)24-28-20-7-2-16(12-22(20)29-24)21-13-23(27-18-5-3-17(26)4-6-18)31-25(30-21)32-8-10-33-11-9-32/h2-7,12-13,15,19H,8-11,14H2,1H3,(H,28,29)(H,27,30,31). The second-order valence-corrected chi connectivity index (χ2v) is 9.11. The van der Waals surface area contributed by atoms with E-state index in [4.69, 9.17) is 36.0 Å². The highest BCUT2D eigenvalue weighted by atomic mass is 35.5. The van der Waals surface area contributed by atoms with Gasteiger partial charge in [0.25, 0.3) is 0 Å². The van der Waals surface area contributed by atoms with Crippen molar-refractivity contribution in [2.75, 3.05) is 43.1 Å². The summed E-state index contributed by atoms with van der Waals surface area (Å²) in [6, 6.07) is 15.7. The molecule has 0 amide bonds. The Morgan fingerprint density at radius 2 is 1.85 bits per heavy atom. The highest BCUT2D eigenvalue weighted by Crippen LogP contribution is 2.32. The number of hydrogen-bond donors (Lipinski definition) is 2. The van der Waals surface area contributed by atoms with Gasteiger partial charge >= 0.3 is 0 Å². The Morgan fingerprint density at radius 3 is 2.59 bits per heavy atom. The van der Waals surface area contributed by atoms with Crippen molar-refractivity contribution in [3.05, 3.63) is 59.4 Å². The fourth-order valence-electron chi connectivity index (χ4n) is 4.28. The minimum atomic E-state index is 0.194. The van der Waals surface area contributed by atoms with Crippen LogP contribution in [0.25, 0.3) is 22.3 Å². The van der Waals surface area contributed by atoms with Gasteiger partial charge in [-0.3, -0.25) is 0 Å². The number of aromatic amines is 1. The number of nitrogens with zero attached hydrogens (tertiary/aromatic N) is 4. The molecule has 2 N–H and O–H groups in total. The van der Waals surface area contributed by atoms with Gasteiger partial charge in [-0.1, -0.05) is 17.7 Å². The minimum absolute atomic E-state index is 0.194. The molecule has 9 heteroatoms. The summed E-state index contributed by atoms with van der Waals surface area (Å²) in [5, 5.41) is 4.09. The van der Waals surface area contributed by atoms with Gasteiger partial charge in [-0.15, -0.1) is 0 Å². The number of ether oxygens (including phenoxy) is 2. The topological polar surface area (TPSA) is 88.2 Å². The molecular weight excluding hydrogens is 452 g/mol. The van der Waals surface area contributed by atoms with E-state index < -0.39 is 0 Å². The Balaban J connectivity index is 1.37. The van der Waals surface area contributed by atoms with Gasteiger partial charge < -0.3 is 24.7 Å². The zero-order valence-corrected chi connectivity index (χ0v) is 19.5. The Morgan fingerprint density at radius 1 is 1.03 bits per heavy atom. The van der Waals surface area contributed by atoms with Crippen molar-refractivity contribution in [2.24, 2.45) is 0 Å². The third-order valence-corrected chi connectivity index (χ3v) is 6.63. The Hall–Kier alpha value is -3.20. The summed E-state index contributed by atoms with van der Waals surface area (Å²) in [5.41, 5.74) is 4.68. The first-order valence-electron chi connectivity index (χ1n) is 11.5. The van der Waals surface area contributed by atoms with Crippen molar-refractivity contribution < 1.29 is 9.47 Å². The number of imidazole rings is 1. The molecule has 174 valence electrons. The van der Waals surface area contributed by atoms with Crippen molar-refractivity contribution in [3.8, 4) is 11.3 Å². The molecule has 2 atom stereocenters. The van der Waals surface area contributed by atoms with Crippen LogP contribution in [0.15, 0.2) is 48.5 Å². The summed E-state index contributed by atoms with van der Waals surface area (Å²) >= 11 is 6.05. The maximum absolute atomic E-state index is 6.05. The minimum Gasteiger partial charge on any atom is -0.378 e. The lowest BCUT2D eigenvalue weighted by molar-refractivity contribution is -0.0671. The van der Waals surface area contributed by atoms with Crippen LogP contribution in [0.2, 0.25) is 5.02 Å². The van der Waals surface area contributed by atoms with Gasteiger partial charge in [0.05, 0.1) is 48.6 Å². The number of hydrogen-bond acceptors (Lipinski definition) is 7. The van der Waals surface area contributed by atoms with Gasteiger partial charge in [-0.05, 0) is 43.3 Å². The number of fused-ring (bicyclic) bond motifs is 1. The first-order chi connectivity index (χ1) is 16.6. The van der Waals surface area contributed by atoms with Gasteiger partial charge in [0, 0.05) is 35.4 Å². The average Bonchev–Trinajstić information content (AvgIpc) is 3.27. The summed E-state index contributed by atoms with van der Waals surface area (Å²) in [4.78, 5) is 20.1. The molecule has 0 spiro atoms. The molecule has 6 rings (SSSR count). The van der Waals surface area contributed by atoms with Gasteiger partial charge in [-0.25, -0.2) is 9.97 Å². The molecule has 0 radical (unpaired) electrons. The molecule has 2 unspecified atom stereocenters. The van der Waals surface area contributed by atoms with Crippen LogP contribution in [-0.2, 0) is 9.47 Å². The van der Waals surface area contributed by atoms with E-state index in [9.17, 15) is 0 Å². The van der Waals surface area contributed by atoms with Crippen molar-refractivity contribution >= 4 is 40.1 Å². The maximum Gasteiger partial charge on any atom is 0.228 e. The molecular formula is C25H25ClN6O2. The second-order valence-electron chi connectivity index (χ2n) is 8.67. The SMILES string of the molecule is CC1OCC1c1nc2ccc(-c3cc(Nc4ccc(Cl)cc4)nc(N4CCOCC4)n3)cc2[nH]1. The molecule has 2 saturated heterocycles. The molecule has 2 aliphatic rings. The molecule has 2 aliphatic heterocycles. The zero-order chi connectivity index (χ0) is 23.1. The van der Waals surface area contributed by atoms with Crippen LogP contribution in [0.5, 0.6) is 0 Å². The van der Waals surface area contributed by atoms with E-state index in [-0.39, 0.29) is 6.10 Å². The fraction of sp³-hybridized carbons (Fsp3) is 0.320. The largest absolute Gasteiger partial charge is 0.378 e. The van der Waals surface area contributed by atoms with Crippen molar-refractivity contribution in [1.29, 1.82) is 0 Å². The molecule has 4 heterocycles. The Labute approximate surface area is 202 Å². The van der Waals surface area contributed by atoms with Gasteiger partial charge in [0.2, 0.25) is 5.95 Å². The maximum atomic E-state index is 6.05. The number of anilines is 3. The Bertz CT molecular complexity index is 1320. The summed E-state index contributed by atoms with van der Waals surface area (Å²) < 4.78 is 11.0. The van der Waals surface area contributed by atoms with Crippen LogP contribution >= 0.6 is 11.6 Å². The van der Waals surface area contributed by atoms with Gasteiger partial charge in [-0.2, -0.15) is 4.98 Å². The number of aromatic nitrogens is 4. The number of nitrogens with one attached hydrogen (secondary N) is 2. The summed E-state index contributed by atoms with van der Waals surface area (Å²) in [6.45, 7) is 5.64. The molecule has 8 nitrogen and oxygen atoms in total. The molecule has 2 aromatic carbocycles. The van der Waals surface area contributed by atoms with Crippen LogP contribution in [0.4, 0.5) is 17.5 Å². The molecule has 0 bridgehead atoms. The normalized spacial score (nSPS) is 20.4. The lowest BCUT2D eigenvalue weighted by Crippen LogP contribution is -2.37. The first-order valence-corrected chi connectivity index (χ1v) is 11.9. The van der Waals surface area contributed by atoms with E-state index in [0.29, 0.717) is 36.7 Å². The number of benzene rings is 2. The number of rotatable bonds is 5. The zero-order valence-electron chi connectivity index (χ0n) is 18.8. The summed E-state index contributed by atoms with van der Waals surface area (Å²) in [5.74, 6) is 2.70. The van der Waals surface area contributed by atoms with E-state index >= 15 is 0 Å². The highest BCUT2D eigenvalue weighted by Gasteiger charge is 2.32. The quantitative estimate of drug-likeness (QED) is 0.429. The molecule has 34 heavy (non-hydrogen) atoms. The molecule has 4 aromatic rings. The average molecular weight is 477 g/mol. The lowest BCUT2D eigenvalue weighted by Gasteiger charge is -2.32. The molecule has 0 saturated carbocycles. The number of morpholine rings is 1. The van der Waals surface area contributed by atoms with Crippen LogP contribution in [-0.4, -0.2) is 59.0 Å². The van der Waals surface area contributed by atoms with E-state index in [1.807, 2.05) is 36.4 Å². The van der Waals surface area contributed by atoms with E-state index in [2.05, 4.69) is 34.3 Å². The number of halogens is 1. The smallest absolute Gasteiger partial charge is 0.228 e. The molecule has 2 aromatic heterocycles. The molecule has 0 aliphatic carbocycles. The van der Waals surface area contributed by atoms with E-state index in [0.717, 1.165) is 52.7 Å². The third kappa shape index (κ3) is 4.20. The van der Waals surface area contributed by atoms with Crippen molar-refractivity contribution in [2.45, 2.75) is 18.9 Å². The molecule has 2 fully saturated rings. The Kier molecular flexibility index (Phi) is 5.57. The first kappa shape index (κ1) is 21.3.